The topological polar surface area (TPSA) is 153 Å². The van der Waals surface area contributed by atoms with Gasteiger partial charge < -0.3 is 23.9 Å². The number of nitrogens with one attached hydrogen (secondary N) is 1. The van der Waals surface area contributed by atoms with Gasteiger partial charge >= 0.3 is 0 Å². The Morgan fingerprint density at radius 2 is 1.88 bits per heavy atom. The van der Waals surface area contributed by atoms with E-state index in [4.69, 9.17) is 14.5 Å². The molecule has 0 unspecified atom stereocenters. The number of pyridine rings is 1. The van der Waals surface area contributed by atoms with E-state index in [1.807, 2.05) is 31.7 Å². The molecule has 5 heterocycles. The summed E-state index contributed by atoms with van der Waals surface area (Å²) < 4.78 is 43.6. The number of sulfonamides is 1. The van der Waals surface area contributed by atoms with Gasteiger partial charge in [-0.05, 0) is 26.0 Å². The molecule has 1 atom stereocenters. The first kappa shape index (κ1) is 29.8. The first-order valence-electron chi connectivity index (χ1n) is 14.0. The van der Waals surface area contributed by atoms with Crippen molar-refractivity contribution in [2.24, 2.45) is 7.05 Å². The molecule has 42 heavy (non-hydrogen) atoms. The minimum atomic E-state index is -3.86. The van der Waals surface area contributed by atoms with E-state index in [2.05, 4.69) is 31.9 Å². The second-order valence-electron chi connectivity index (χ2n) is 10.3. The second kappa shape index (κ2) is 12.3. The summed E-state index contributed by atoms with van der Waals surface area (Å²) in [7, 11) is -0.403. The zero-order chi connectivity index (χ0) is 30.0. The number of fused-ring (bicyclic) bond motifs is 1. The monoisotopic (exact) mass is 599 g/mol. The highest BCUT2D eigenvalue weighted by Crippen LogP contribution is 2.31. The molecule has 4 aromatic heterocycles. The van der Waals surface area contributed by atoms with E-state index in [1.165, 1.54) is 16.6 Å². The molecule has 0 amide bonds. The van der Waals surface area contributed by atoms with Crippen molar-refractivity contribution >= 4 is 21.1 Å². The molecule has 1 N–H and O–H groups in total. The van der Waals surface area contributed by atoms with Gasteiger partial charge in [0.1, 0.15) is 28.2 Å². The van der Waals surface area contributed by atoms with Crippen LogP contribution in [0.25, 0.3) is 22.4 Å². The van der Waals surface area contributed by atoms with Gasteiger partial charge in [-0.15, -0.1) is 0 Å². The summed E-state index contributed by atoms with van der Waals surface area (Å²) in [5, 5.41) is 4.55. The van der Waals surface area contributed by atoms with E-state index in [9.17, 15) is 13.2 Å². The molecule has 15 heteroatoms. The number of piperazine rings is 1. The number of rotatable bonds is 11. The van der Waals surface area contributed by atoms with Crippen LogP contribution in [-0.2, 0) is 34.8 Å². The maximum Gasteiger partial charge on any atom is 0.279 e. The SMILES string of the molecule is CCc1c2nc(-c3cc(S(=O)(=O)N4CCN(CC)CC4)cnc3O[C@H](C)COC)[nH]c(=O)c2nn1Cc1nccn1C. The lowest BCUT2D eigenvalue weighted by molar-refractivity contribution is 0.0893. The molecular formula is C27H37N9O5S. The molecular weight excluding hydrogens is 562 g/mol. The van der Waals surface area contributed by atoms with Crippen LogP contribution in [0.2, 0.25) is 0 Å². The summed E-state index contributed by atoms with van der Waals surface area (Å²) >= 11 is 0. The van der Waals surface area contributed by atoms with E-state index >= 15 is 0 Å². The Bertz CT molecular complexity index is 1720. The van der Waals surface area contributed by atoms with E-state index in [-0.39, 0.29) is 34.3 Å². The lowest BCUT2D eigenvalue weighted by Crippen LogP contribution is -2.48. The van der Waals surface area contributed by atoms with Gasteiger partial charge in [-0.3, -0.25) is 9.48 Å². The molecule has 5 rings (SSSR count). The van der Waals surface area contributed by atoms with Crippen molar-refractivity contribution in [2.75, 3.05) is 46.4 Å². The van der Waals surface area contributed by atoms with Crippen LogP contribution in [-0.4, -0.2) is 104 Å². The number of hydrogen-bond donors (Lipinski definition) is 1. The maximum atomic E-state index is 13.7. The van der Waals surface area contributed by atoms with Crippen LogP contribution < -0.4 is 10.3 Å². The van der Waals surface area contributed by atoms with Crippen LogP contribution in [0.15, 0.2) is 34.3 Å². The van der Waals surface area contributed by atoms with Crippen LogP contribution in [0.3, 0.4) is 0 Å². The molecule has 1 aliphatic rings. The normalized spacial score (nSPS) is 15.8. The maximum absolute atomic E-state index is 13.7. The Hall–Kier alpha value is -3.66. The minimum Gasteiger partial charge on any atom is -0.472 e. The first-order chi connectivity index (χ1) is 20.2. The first-order valence-corrected chi connectivity index (χ1v) is 15.4. The average Bonchev–Trinajstić information content (AvgIpc) is 3.55. The van der Waals surface area contributed by atoms with Crippen LogP contribution >= 0.6 is 0 Å². The van der Waals surface area contributed by atoms with Crippen molar-refractivity contribution in [1.82, 2.24) is 43.5 Å². The van der Waals surface area contributed by atoms with Gasteiger partial charge in [0.15, 0.2) is 5.52 Å². The molecule has 0 spiro atoms. The predicted octanol–water partition coefficient (Wildman–Crippen LogP) is 1.27. The average molecular weight is 600 g/mol. The predicted molar refractivity (Wildman–Crippen MR) is 156 cm³/mol. The smallest absolute Gasteiger partial charge is 0.279 e. The lowest BCUT2D eigenvalue weighted by atomic mass is 10.2. The van der Waals surface area contributed by atoms with Gasteiger partial charge in [-0.2, -0.15) is 9.40 Å². The van der Waals surface area contributed by atoms with Crippen LogP contribution in [0.1, 0.15) is 32.3 Å². The van der Waals surface area contributed by atoms with Crippen molar-refractivity contribution in [2.45, 2.75) is 44.7 Å². The fourth-order valence-electron chi connectivity index (χ4n) is 5.09. The molecule has 0 saturated carbocycles. The number of imidazole rings is 1. The van der Waals surface area contributed by atoms with Crippen molar-refractivity contribution in [3.8, 4) is 17.3 Å². The Kier molecular flexibility index (Phi) is 8.73. The van der Waals surface area contributed by atoms with E-state index in [0.29, 0.717) is 44.7 Å². The zero-order valence-electron chi connectivity index (χ0n) is 24.6. The third-order valence-corrected chi connectivity index (χ3v) is 9.32. The summed E-state index contributed by atoms with van der Waals surface area (Å²) in [6, 6.07) is 1.47. The highest BCUT2D eigenvalue weighted by atomic mass is 32.2. The standard InChI is InChI=1S/C27H37N9O5S/c1-6-21-23-24(32-36(21)16-22-28-8-9-33(22)4)26(37)31-25(30-23)20-14-19(15-29-27(20)41-18(3)17-40-5)42(38,39)35-12-10-34(7-2)11-13-35/h8-9,14-15,18H,6-7,10-13,16-17H2,1-5H3,(H,30,31,37)/t18-/m1/s1. The third kappa shape index (κ3) is 5.82. The van der Waals surface area contributed by atoms with Gasteiger partial charge in [-0.1, -0.05) is 13.8 Å². The number of likely N-dealkylation sites (N-methyl/N-ethyl adjacent to an activating group) is 1. The Labute approximate surface area is 244 Å². The van der Waals surface area contributed by atoms with E-state index in [0.717, 1.165) is 18.1 Å². The molecule has 1 fully saturated rings. The summed E-state index contributed by atoms with van der Waals surface area (Å²) in [6.45, 7) is 9.40. The van der Waals surface area contributed by atoms with Crippen LogP contribution in [0, 0.1) is 0 Å². The number of aromatic amines is 1. The number of aromatic nitrogens is 7. The van der Waals surface area contributed by atoms with Crippen molar-refractivity contribution in [3.05, 3.63) is 46.5 Å². The van der Waals surface area contributed by atoms with Gasteiger partial charge in [0.2, 0.25) is 15.9 Å². The Morgan fingerprint density at radius 3 is 2.52 bits per heavy atom. The third-order valence-electron chi connectivity index (χ3n) is 7.46. The molecule has 1 saturated heterocycles. The molecule has 0 bridgehead atoms. The van der Waals surface area contributed by atoms with E-state index in [1.54, 1.807) is 18.0 Å². The number of methoxy groups -OCH3 is 1. The molecule has 14 nitrogen and oxygen atoms in total. The van der Waals surface area contributed by atoms with Crippen LogP contribution in [0.5, 0.6) is 5.88 Å². The van der Waals surface area contributed by atoms with Gasteiger partial charge in [-0.25, -0.2) is 23.4 Å². The lowest BCUT2D eigenvalue weighted by Gasteiger charge is -2.33. The molecule has 0 aromatic carbocycles. The highest BCUT2D eigenvalue weighted by molar-refractivity contribution is 7.89. The molecule has 4 aromatic rings. The van der Waals surface area contributed by atoms with Crippen molar-refractivity contribution < 1.29 is 17.9 Å². The van der Waals surface area contributed by atoms with Crippen molar-refractivity contribution in [3.63, 3.8) is 0 Å². The summed E-state index contributed by atoms with van der Waals surface area (Å²) in [6.07, 6.45) is 5.00. The minimum absolute atomic E-state index is 0.00173. The summed E-state index contributed by atoms with van der Waals surface area (Å²) in [4.78, 5) is 31.9. The Balaban J connectivity index is 1.60. The number of H-pyrrole nitrogens is 1. The largest absolute Gasteiger partial charge is 0.472 e. The number of aryl methyl sites for hydroxylation is 2. The fourth-order valence-corrected chi connectivity index (χ4v) is 6.48. The van der Waals surface area contributed by atoms with Crippen LogP contribution in [0.4, 0.5) is 0 Å². The molecule has 1 aliphatic heterocycles. The highest BCUT2D eigenvalue weighted by Gasteiger charge is 2.30. The van der Waals surface area contributed by atoms with E-state index < -0.39 is 21.7 Å². The fraction of sp³-hybridized carbons (Fsp3) is 0.519. The summed E-state index contributed by atoms with van der Waals surface area (Å²) in [5.41, 5.74) is 1.16. The molecule has 0 radical (unpaired) electrons. The number of ether oxygens (including phenoxy) is 2. The molecule has 0 aliphatic carbocycles. The quantitative estimate of drug-likeness (QED) is 0.267. The number of hydrogen-bond acceptors (Lipinski definition) is 10. The molecule has 226 valence electrons. The van der Waals surface area contributed by atoms with Crippen molar-refractivity contribution in [1.29, 1.82) is 0 Å². The zero-order valence-corrected chi connectivity index (χ0v) is 25.4. The van der Waals surface area contributed by atoms with Gasteiger partial charge in [0.05, 0.1) is 30.6 Å². The summed E-state index contributed by atoms with van der Waals surface area (Å²) in [5.74, 6) is 1.05. The second-order valence-corrected chi connectivity index (χ2v) is 12.2. The Morgan fingerprint density at radius 1 is 1.12 bits per heavy atom. The van der Waals surface area contributed by atoms with Gasteiger partial charge in [0.25, 0.3) is 5.56 Å². The van der Waals surface area contributed by atoms with Gasteiger partial charge in [0, 0.05) is 52.7 Å². The number of nitrogens with zero attached hydrogens (tertiary/aromatic N) is 8.